The molecule has 1 fully saturated rings. The lowest BCUT2D eigenvalue weighted by molar-refractivity contribution is 0.341. The van der Waals surface area contributed by atoms with Crippen molar-refractivity contribution in [3.63, 3.8) is 0 Å². The number of nitrogen functional groups attached to an aromatic ring is 1. The van der Waals surface area contributed by atoms with Gasteiger partial charge in [0.05, 0.1) is 0 Å². The predicted molar refractivity (Wildman–Crippen MR) is 138 cm³/mol. The zero-order chi connectivity index (χ0) is 23.9. The highest BCUT2D eigenvalue weighted by Gasteiger charge is 2.26. The molecule has 176 valence electrons. The second kappa shape index (κ2) is 8.67. The molecule has 3 aromatic carbocycles. The van der Waals surface area contributed by atoms with Gasteiger partial charge in [-0.25, -0.2) is 0 Å². The van der Waals surface area contributed by atoms with Gasteiger partial charge in [0, 0.05) is 35.0 Å². The molecule has 0 atom stereocenters. The lowest BCUT2D eigenvalue weighted by atomic mass is 9.86. The minimum atomic E-state index is 0.0435. The second-order valence-corrected chi connectivity index (χ2v) is 9.50. The van der Waals surface area contributed by atoms with E-state index < -0.39 is 0 Å². The molecule has 1 saturated carbocycles. The predicted octanol–water partition coefficient (Wildman–Crippen LogP) is 5.16. The largest absolute Gasteiger partial charge is 0.419 e. The van der Waals surface area contributed by atoms with Gasteiger partial charge in [0.25, 0.3) is 5.89 Å². The molecule has 1 aliphatic rings. The summed E-state index contributed by atoms with van der Waals surface area (Å²) >= 11 is 0. The average Bonchev–Trinajstić information content (AvgIpc) is 3.50. The SMILES string of the molecule is N=C(N)c1ccc2cc(-c3nnc(C4CCC(N)CC4)o3)n(Cc3cccc4ccccc34)c2c1. The maximum Gasteiger partial charge on any atom is 0.264 e. The zero-order valence-electron chi connectivity index (χ0n) is 19.4. The van der Waals surface area contributed by atoms with Crippen LogP contribution in [-0.4, -0.2) is 26.6 Å². The van der Waals surface area contributed by atoms with Crippen LogP contribution in [0.3, 0.4) is 0 Å². The summed E-state index contributed by atoms with van der Waals surface area (Å²) in [7, 11) is 0. The van der Waals surface area contributed by atoms with Crippen LogP contribution < -0.4 is 11.5 Å². The summed E-state index contributed by atoms with van der Waals surface area (Å²) in [6.45, 7) is 0.623. The van der Waals surface area contributed by atoms with Crippen LogP contribution in [0.4, 0.5) is 0 Å². The summed E-state index contributed by atoms with van der Waals surface area (Å²) in [6.07, 6.45) is 3.92. The Morgan fingerprint density at radius 1 is 0.943 bits per heavy atom. The van der Waals surface area contributed by atoms with Crippen LogP contribution in [0.15, 0.2) is 71.1 Å². The number of nitrogens with two attached hydrogens (primary N) is 2. The van der Waals surface area contributed by atoms with E-state index >= 15 is 0 Å². The number of amidine groups is 1. The highest BCUT2D eigenvalue weighted by atomic mass is 16.4. The average molecular weight is 465 g/mol. The Morgan fingerprint density at radius 2 is 1.74 bits per heavy atom. The molecule has 5 aromatic rings. The van der Waals surface area contributed by atoms with Gasteiger partial charge in [0.2, 0.25) is 5.89 Å². The number of fused-ring (bicyclic) bond motifs is 2. The number of aromatic nitrogens is 3. The third-order valence-electron chi connectivity index (χ3n) is 7.20. The van der Waals surface area contributed by atoms with Crippen LogP contribution in [0.1, 0.15) is 48.6 Å². The summed E-state index contributed by atoms with van der Waals surface area (Å²) in [4.78, 5) is 0. The van der Waals surface area contributed by atoms with Crippen LogP contribution in [-0.2, 0) is 6.54 Å². The van der Waals surface area contributed by atoms with Gasteiger partial charge in [-0.2, -0.15) is 0 Å². The van der Waals surface area contributed by atoms with Crippen molar-refractivity contribution < 1.29 is 4.42 Å². The molecule has 35 heavy (non-hydrogen) atoms. The van der Waals surface area contributed by atoms with E-state index in [1.165, 1.54) is 16.3 Å². The van der Waals surface area contributed by atoms with Crippen molar-refractivity contribution in [1.82, 2.24) is 14.8 Å². The lowest BCUT2D eigenvalue weighted by Crippen LogP contribution is -2.25. The Kier molecular flexibility index (Phi) is 5.34. The Hall–Kier alpha value is -3.97. The van der Waals surface area contributed by atoms with Crippen molar-refractivity contribution in [3.8, 4) is 11.6 Å². The lowest BCUT2D eigenvalue weighted by Gasteiger charge is -2.23. The van der Waals surface area contributed by atoms with Crippen molar-refractivity contribution in [1.29, 1.82) is 5.41 Å². The molecule has 0 saturated heterocycles. The maximum atomic E-state index is 7.93. The first-order valence-corrected chi connectivity index (χ1v) is 12.1. The number of hydrogen-bond acceptors (Lipinski definition) is 5. The van der Waals surface area contributed by atoms with Gasteiger partial charge in [0.15, 0.2) is 0 Å². The molecule has 6 rings (SSSR count). The maximum absolute atomic E-state index is 7.93. The fourth-order valence-electron chi connectivity index (χ4n) is 5.24. The van der Waals surface area contributed by atoms with Gasteiger partial charge >= 0.3 is 0 Å². The smallest absolute Gasteiger partial charge is 0.264 e. The molecule has 0 unspecified atom stereocenters. The number of nitrogens with one attached hydrogen (secondary N) is 1. The molecule has 2 aromatic heterocycles. The number of hydrogen-bond donors (Lipinski definition) is 3. The summed E-state index contributed by atoms with van der Waals surface area (Å²) < 4.78 is 8.46. The van der Waals surface area contributed by atoms with E-state index in [9.17, 15) is 0 Å². The molecule has 1 aliphatic carbocycles. The molecule has 0 amide bonds. The first-order valence-electron chi connectivity index (χ1n) is 12.1. The standard InChI is InChI=1S/C28H28N6O/c29-22-12-10-18(11-13-22)27-32-33-28(35-27)25-14-19-8-9-20(26(30)31)15-24(19)34(25)16-21-6-3-5-17-4-1-2-7-23(17)21/h1-9,14-15,18,22H,10-13,16,29H2,(H3,30,31). The minimum absolute atomic E-state index is 0.0435. The molecule has 7 heteroatoms. The van der Waals surface area contributed by atoms with Gasteiger partial charge in [-0.3, -0.25) is 5.41 Å². The second-order valence-electron chi connectivity index (χ2n) is 9.50. The van der Waals surface area contributed by atoms with Crippen LogP contribution >= 0.6 is 0 Å². The topological polar surface area (TPSA) is 120 Å². The fraction of sp³-hybridized carbons (Fsp3) is 0.250. The van der Waals surface area contributed by atoms with E-state index in [4.69, 9.17) is 21.3 Å². The van der Waals surface area contributed by atoms with E-state index in [0.717, 1.165) is 42.3 Å². The van der Waals surface area contributed by atoms with E-state index in [1.807, 2.05) is 18.2 Å². The Balaban J connectivity index is 1.47. The van der Waals surface area contributed by atoms with Gasteiger partial charge in [0.1, 0.15) is 11.5 Å². The van der Waals surface area contributed by atoms with E-state index in [1.54, 1.807) is 0 Å². The quantitative estimate of drug-likeness (QED) is 0.245. The van der Waals surface area contributed by atoms with Gasteiger partial charge in [-0.05, 0) is 54.2 Å². The van der Waals surface area contributed by atoms with Crippen molar-refractivity contribution in [2.24, 2.45) is 11.5 Å². The normalized spacial score (nSPS) is 18.3. The van der Waals surface area contributed by atoms with Crippen molar-refractivity contribution in [3.05, 3.63) is 83.7 Å². The summed E-state index contributed by atoms with van der Waals surface area (Å²) in [5.41, 5.74) is 15.6. The summed E-state index contributed by atoms with van der Waals surface area (Å²) in [6, 6.07) is 22.9. The van der Waals surface area contributed by atoms with Gasteiger partial charge in [-0.15, -0.1) is 10.2 Å². The molecule has 2 heterocycles. The Labute approximate surface area is 203 Å². The van der Waals surface area contributed by atoms with Gasteiger partial charge < -0.3 is 20.5 Å². The summed E-state index contributed by atoms with van der Waals surface area (Å²) in [5, 5.41) is 20.3. The van der Waals surface area contributed by atoms with E-state index in [-0.39, 0.29) is 17.8 Å². The fourth-order valence-corrected chi connectivity index (χ4v) is 5.24. The van der Waals surface area contributed by atoms with Crippen LogP contribution in [0, 0.1) is 5.41 Å². The number of benzene rings is 3. The number of nitrogens with zero attached hydrogens (tertiary/aromatic N) is 3. The minimum Gasteiger partial charge on any atom is -0.419 e. The molecule has 7 nitrogen and oxygen atoms in total. The van der Waals surface area contributed by atoms with Crippen LogP contribution in [0.5, 0.6) is 0 Å². The van der Waals surface area contributed by atoms with Crippen LogP contribution in [0.25, 0.3) is 33.3 Å². The third kappa shape index (κ3) is 3.98. The molecule has 0 aliphatic heterocycles. The molecular formula is C28H28N6O. The Morgan fingerprint density at radius 3 is 2.57 bits per heavy atom. The molecule has 0 radical (unpaired) electrons. The molecular weight excluding hydrogens is 436 g/mol. The molecule has 0 bridgehead atoms. The first-order chi connectivity index (χ1) is 17.1. The van der Waals surface area contributed by atoms with Crippen LogP contribution in [0.2, 0.25) is 0 Å². The first kappa shape index (κ1) is 21.6. The number of rotatable bonds is 5. The third-order valence-corrected chi connectivity index (χ3v) is 7.20. The zero-order valence-corrected chi connectivity index (χ0v) is 19.4. The van der Waals surface area contributed by atoms with Crippen molar-refractivity contribution in [2.45, 2.75) is 44.2 Å². The molecule has 0 spiro atoms. The monoisotopic (exact) mass is 464 g/mol. The van der Waals surface area contributed by atoms with E-state index in [0.29, 0.717) is 23.9 Å². The Bertz CT molecular complexity index is 1530. The van der Waals surface area contributed by atoms with Crippen molar-refractivity contribution in [2.75, 3.05) is 0 Å². The highest BCUT2D eigenvalue weighted by Crippen LogP contribution is 2.35. The highest BCUT2D eigenvalue weighted by molar-refractivity contribution is 5.99. The van der Waals surface area contributed by atoms with Gasteiger partial charge in [-0.1, -0.05) is 54.6 Å². The van der Waals surface area contributed by atoms with E-state index in [2.05, 4.69) is 63.3 Å². The van der Waals surface area contributed by atoms with Crippen molar-refractivity contribution >= 4 is 27.5 Å². The summed E-state index contributed by atoms with van der Waals surface area (Å²) in [5.74, 6) is 1.51. The molecule has 5 N–H and O–H groups in total.